The minimum Gasteiger partial charge on any atom is -0.494 e. The van der Waals surface area contributed by atoms with Gasteiger partial charge in [-0.25, -0.2) is 17.5 Å². The molecule has 1 heterocycles. The van der Waals surface area contributed by atoms with Gasteiger partial charge in [-0.3, -0.25) is 0 Å². The van der Waals surface area contributed by atoms with Gasteiger partial charge >= 0.3 is 0 Å². The van der Waals surface area contributed by atoms with E-state index in [0.717, 1.165) is 6.07 Å². The van der Waals surface area contributed by atoms with E-state index in [2.05, 4.69) is 10.0 Å². The molecule has 2 N–H and O–H groups in total. The van der Waals surface area contributed by atoms with Crippen LogP contribution < -0.4 is 14.8 Å². The van der Waals surface area contributed by atoms with E-state index in [1.165, 1.54) is 26.4 Å². The lowest BCUT2D eigenvalue weighted by molar-refractivity contribution is 0.103. The fourth-order valence-electron chi connectivity index (χ4n) is 2.10. The number of sulfonamides is 1. The lowest BCUT2D eigenvalue weighted by Crippen LogP contribution is -2.43. The van der Waals surface area contributed by atoms with Crippen molar-refractivity contribution in [2.24, 2.45) is 0 Å². The lowest BCUT2D eigenvalue weighted by Gasteiger charge is -2.18. The average Bonchev–Trinajstić information content (AvgIpc) is 2.85. The molecular formula is C12H17FN2O4S. The molecule has 8 heteroatoms. The fraction of sp³-hybridized carbons (Fsp3) is 0.500. The van der Waals surface area contributed by atoms with E-state index in [1.54, 1.807) is 0 Å². The molecule has 1 aromatic rings. The maximum absolute atomic E-state index is 13.6. The Kier molecular flexibility index (Phi) is 4.59. The largest absolute Gasteiger partial charge is 0.494 e. The number of hydrogen-bond acceptors (Lipinski definition) is 5. The highest BCUT2D eigenvalue weighted by Gasteiger charge is 2.31. The second-order valence-electron chi connectivity index (χ2n) is 4.46. The molecule has 0 saturated carbocycles. The zero-order chi connectivity index (χ0) is 14.8. The average molecular weight is 304 g/mol. The van der Waals surface area contributed by atoms with Gasteiger partial charge in [0, 0.05) is 20.2 Å². The van der Waals surface area contributed by atoms with Crippen molar-refractivity contribution in [3.63, 3.8) is 0 Å². The van der Waals surface area contributed by atoms with Crippen molar-refractivity contribution < 1.29 is 22.3 Å². The number of rotatable bonds is 5. The Labute approximate surface area is 117 Å². The first-order valence-electron chi connectivity index (χ1n) is 6.07. The maximum Gasteiger partial charge on any atom is 0.241 e. The summed E-state index contributed by atoms with van der Waals surface area (Å²) in [5.41, 5.74) is 0. The second-order valence-corrected chi connectivity index (χ2v) is 6.17. The summed E-state index contributed by atoms with van der Waals surface area (Å²) in [6.07, 6.45) is -0.243. The van der Waals surface area contributed by atoms with Crippen LogP contribution in [-0.4, -0.2) is 47.9 Å². The maximum atomic E-state index is 13.6. The fourth-order valence-corrected chi connectivity index (χ4v) is 3.38. The molecule has 2 atom stereocenters. The predicted octanol–water partition coefficient (Wildman–Crippen LogP) is 0.0994. The van der Waals surface area contributed by atoms with Crippen LogP contribution in [0.1, 0.15) is 0 Å². The van der Waals surface area contributed by atoms with Crippen molar-refractivity contribution in [1.29, 1.82) is 0 Å². The van der Waals surface area contributed by atoms with Crippen LogP contribution in [0, 0.1) is 5.82 Å². The van der Waals surface area contributed by atoms with Gasteiger partial charge in [0.15, 0.2) is 11.6 Å². The Morgan fingerprint density at radius 2 is 2.10 bits per heavy atom. The van der Waals surface area contributed by atoms with Gasteiger partial charge in [0.1, 0.15) is 0 Å². The molecule has 1 aromatic carbocycles. The molecule has 20 heavy (non-hydrogen) atoms. The van der Waals surface area contributed by atoms with Crippen LogP contribution in [0.25, 0.3) is 0 Å². The third kappa shape index (κ3) is 3.09. The lowest BCUT2D eigenvalue weighted by atomic mass is 10.2. The molecule has 0 aromatic heterocycles. The molecule has 6 nitrogen and oxygen atoms in total. The number of methoxy groups -OCH3 is 2. The van der Waals surface area contributed by atoms with Gasteiger partial charge in [0.25, 0.3) is 0 Å². The molecule has 0 unspecified atom stereocenters. The van der Waals surface area contributed by atoms with Gasteiger partial charge in [-0.05, 0) is 18.2 Å². The van der Waals surface area contributed by atoms with Gasteiger partial charge in [-0.15, -0.1) is 0 Å². The molecule has 1 aliphatic heterocycles. The van der Waals surface area contributed by atoms with Gasteiger partial charge in [-0.1, -0.05) is 0 Å². The number of halogens is 1. The number of ether oxygens (including phenoxy) is 2. The van der Waals surface area contributed by atoms with Crippen molar-refractivity contribution in [2.45, 2.75) is 17.0 Å². The van der Waals surface area contributed by atoms with Crippen LogP contribution in [-0.2, 0) is 14.8 Å². The quantitative estimate of drug-likeness (QED) is 0.807. The molecule has 1 saturated heterocycles. The third-order valence-electron chi connectivity index (χ3n) is 3.20. The summed E-state index contributed by atoms with van der Waals surface area (Å²) in [4.78, 5) is -0.141. The van der Waals surface area contributed by atoms with Crippen LogP contribution in [0.5, 0.6) is 5.75 Å². The van der Waals surface area contributed by atoms with E-state index in [1.807, 2.05) is 0 Å². The Bertz CT molecular complexity index is 579. The predicted molar refractivity (Wildman–Crippen MR) is 70.7 cm³/mol. The van der Waals surface area contributed by atoms with Gasteiger partial charge < -0.3 is 14.8 Å². The smallest absolute Gasteiger partial charge is 0.241 e. The summed E-state index contributed by atoms with van der Waals surface area (Å²) < 4.78 is 50.4. The van der Waals surface area contributed by atoms with E-state index in [4.69, 9.17) is 9.47 Å². The molecule has 0 bridgehead atoms. The first-order valence-corrected chi connectivity index (χ1v) is 7.55. The minimum atomic E-state index is -3.80. The highest BCUT2D eigenvalue weighted by molar-refractivity contribution is 7.89. The zero-order valence-corrected chi connectivity index (χ0v) is 12.0. The monoisotopic (exact) mass is 304 g/mol. The molecule has 0 spiro atoms. The summed E-state index contributed by atoms with van der Waals surface area (Å²) in [6.45, 7) is 1.04. The van der Waals surface area contributed by atoms with E-state index < -0.39 is 15.8 Å². The standard InChI is InChI=1S/C12H17FN2O4S/c1-18-11-4-3-8(5-9(11)13)20(16,17)15-10-6-14-7-12(10)19-2/h3-5,10,12,14-15H,6-7H2,1-2H3/t10-,12-/m0/s1. The van der Waals surface area contributed by atoms with Gasteiger partial charge in [-0.2, -0.15) is 0 Å². The Morgan fingerprint density at radius 3 is 2.70 bits per heavy atom. The summed E-state index contributed by atoms with van der Waals surface area (Å²) in [5, 5.41) is 3.03. The molecule has 2 rings (SSSR count). The Morgan fingerprint density at radius 1 is 1.35 bits per heavy atom. The summed E-state index contributed by atoms with van der Waals surface area (Å²) in [7, 11) is -0.962. The minimum absolute atomic E-state index is 0.00116. The topological polar surface area (TPSA) is 76.7 Å². The number of nitrogens with one attached hydrogen (secondary N) is 2. The van der Waals surface area contributed by atoms with E-state index in [-0.39, 0.29) is 22.8 Å². The second kappa shape index (κ2) is 6.04. The van der Waals surface area contributed by atoms with Crippen molar-refractivity contribution in [2.75, 3.05) is 27.3 Å². The van der Waals surface area contributed by atoms with Crippen molar-refractivity contribution in [3.05, 3.63) is 24.0 Å². The molecule has 1 fully saturated rings. The first-order chi connectivity index (χ1) is 9.47. The van der Waals surface area contributed by atoms with Crippen LogP contribution in [0.15, 0.2) is 23.1 Å². The van der Waals surface area contributed by atoms with Crippen molar-refractivity contribution in [3.8, 4) is 5.75 Å². The molecule has 0 aliphatic carbocycles. The highest BCUT2D eigenvalue weighted by atomic mass is 32.2. The molecular weight excluding hydrogens is 287 g/mol. The van der Waals surface area contributed by atoms with Crippen LogP contribution in [0.3, 0.4) is 0 Å². The van der Waals surface area contributed by atoms with Crippen molar-refractivity contribution in [1.82, 2.24) is 10.0 Å². The van der Waals surface area contributed by atoms with E-state index >= 15 is 0 Å². The van der Waals surface area contributed by atoms with Gasteiger partial charge in [0.2, 0.25) is 10.0 Å². The highest BCUT2D eigenvalue weighted by Crippen LogP contribution is 2.21. The first kappa shape index (κ1) is 15.2. The Hall–Kier alpha value is -1.22. The SMILES string of the molecule is COc1ccc(S(=O)(=O)N[C@H]2CNC[C@@H]2OC)cc1F. The van der Waals surface area contributed by atoms with Gasteiger partial charge in [0.05, 0.1) is 24.2 Å². The summed E-state index contributed by atoms with van der Waals surface area (Å²) in [6, 6.07) is 3.14. The van der Waals surface area contributed by atoms with Crippen LogP contribution in [0.2, 0.25) is 0 Å². The molecule has 0 radical (unpaired) electrons. The number of hydrogen-bond donors (Lipinski definition) is 2. The Balaban J connectivity index is 2.20. The zero-order valence-electron chi connectivity index (χ0n) is 11.2. The summed E-state index contributed by atoms with van der Waals surface area (Å²) in [5.74, 6) is -0.718. The molecule has 1 aliphatic rings. The third-order valence-corrected chi connectivity index (χ3v) is 4.69. The summed E-state index contributed by atoms with van der Waals surface area (Å²) >= 11 is 0. The van der Waals surface area contributed by atoms with Crippen LogP contribution in [0.4, 0.5) is 4.39 Å². The molecule has 0 amide bonds. The van der Waals surface area contributed by atoms with E-state index in [9.17, 15) is 12.8 Å². The number of benzene rings is 1. The van der Waals surface area contributed by atoms with Crippen molar-refractivity contribution >= 4 is 10.0 Å². The van der Waals surface area contributed by atoms with Crippen LogP contribution >= 0.6 is 0 Å². The van der Waals surface area contributed by atoms with E-state index in [0.29, 0.717) is 13.1 Å². The molecule has 112 valence electrons. The normalized spacial score (nSPS) is 22.9.